The third-order valence-electron chi connectivity index (χ3n) is 4.41. The van der Waals surface area contributed by atoms with Gasteiger partial charge in [-0.15, -0.1) is 0 Å². The summed E-state index contributed by atoms with van der Waals surface area (Å²) >= 11 is 2.23. The van der Waals surface area contributed by atoms with Gasteiger partial charge in [-0.3, -0.25) is 9.67 Å². The van der Waals surface area contributed by atoms with Crippen molar-refractivity contribution in [2.75, 3.05) is 0 Å². The summed E-state index contributed by atoms with van der Waals surface area (Å²) in [6, 6.07) is 12.1. The summed E-state index contributed by atoms with van der Waals surface area (Å²) in [5.41, 5.74) is 4.14. The molecule has 0 unspecified atom stereocenters. The fourth-order valence-electron chi connectivity index (χ4n) is 3.00. The molecule has 0 atom stereocenters. The van der Waals surface area contributed by atoms with Gasteiger partial charge in [0.15, 0.2) is 0 Å². The van der Waals surface area contributed by atoms with Gasteiger partial charge in [0.2, 0.25) is 5.88 Å². The van der Waals surface area contributed by atoms with Crippen LogP contribution in [0.1, 0.15) is 30.0 Å². The van der Waals surface area contributed by atoms with Crippen molar-refractivity contribution in [1.29, 1.82) is 0 Å². The first-order valence-electron chi connectivity index (χ1n) is 9.34. The predicted octanol–water partition coefficient (Wildman–Crippen LogP) is 4.82. The Hall–Kier alpha value is -2.92. The van der Waals surface area contributed by atoms with Crippen molar-refractivity contribution in [1.82, 2.24) is 19.7 Å². The molecular weight excluding hydrogens is 475 g/mol. The maximum atomic E-state index is 6.00. The van der Waals surface area contributed by atoms with E-state index in [1.165, 1.54) is 0 Å². The fourth-order valence-corrected chi connectivity index (χ4v) is 3.51. The number of pyridine rings is 2. The molecule has 0 saturated carbocycles. The summed E-state index contributed by atoms with van der Waals surface area (Å²) < 4.78 is 8.97. The van der Waals surface area contributed by atoms with E-state index in [-0.39, 0.29) is 0 Å². The molecule has 0 aliphatic rings. The van der Waals surface area contributed by atoms with Crippen LogP contribution in [0.5, 0.6) is 5.88 Å². The first-order valence-corrected chi connectivity index (χ1v) is 10.4. The number of aromatic nitrogens is 4. The minimum atomic E-state index is 0.398. The van der Waals surface area contributed by atoms with Crippen LogP contribution in [0.25, 0.3) is 10.9 Å². The van der Waals surface area contributed by atoms with Crippen LogP contribution >= 0.6 is 22.6 Å². The average Bonchev–Trinajstić information content (AvgIpc) is 3.13. The number of benzene rings is 1. The molecule has 3 heterocycles. The van der Waals surface area contributed by atoms with Gasteiger partial charge < -0.3 is 4.74 Å². The largest absolute Gasteiger partial charge is 0.472 e. The van der Waals surface area contributed by atoms with E-state index in [1.54, 1.807) is 12.4 Å². The van der Waals surface area contributed by atoms with E-state index in [4.69, 9.17) is 4.74 Å². The van der Waals surface area contributed by atoms with Crippen LogP contribution in [0.2, 0.25) is 0 Å². The number of fused-ring (bicyclic) bond motifs is 1. The third-order valence-corrected chi connectivity index (χ3v) is 5.23. The molecule has 0 aliphatic carbocycles. The van der Waals surface area contributed by atoms with Crippen LogP contribution in [0.4, 0.5) is 0 Å². The van der Waals surface area contributed by atoms with Crippen molar-refractivity contribution in [2.24, 2.45) is 0 Å². The monoisotopic (exact) mass is 494 g/mol. The van der Waals surface area contributed by atoms with Gasteiger partial charge in [0.1, 0.15) is 6.61 Å². The molecule has 29 heavy (non-hydrogen) atoms. The molecule has 4 rings (SSSR count). The van der Waals surface area contributed by atoms with E-state index in [0.29, 0.717) is 19.0 Å². The molecule has 0 saturated heterocycles. The van der Waals surface area contributed by atoms with E-state index in [0.717, 1.165) is 37.6 Å². The highest BCUT2D eigenvalue weighted by molar-refractivity contribution is 14.1. The van der Waals surface area contributed by atoms with Gasteiger partial charge in [-0.25, -0.2) is 4.98 Å². The van der Waals surface area contributed by atoms with E-state index >= 15 is 0 Å². The standard InChI is InChI=1S/C23H19IN4O/c1-2-3-7-18-11-19-14-27-28(15-17-6-4-9-25-13-17)22(19)12-20(18)16-29-23-21(24)8-5-10-26-23/h4-6,8-14H,2,15-16H2,1H3. The summed E-state index contributed by atoms with van der Waals surface area (Å²) in [6.45, 7) is 3.11. The predicted molar refractivity (Wildman–Crippen MR) is 122 cm³/mol. The molecule has 4 aromatic rings. The molecule has 1 aromatic carbocycles. The number of nitrogens with zero attached hydrogens (tertiary/aromatic N) is 4. The summed E-state index contributed by atoms with van der Waals surface area (Å²) in [7, 11) is 0. The van der Waals surface area contributed by atoms with E-state index in [1.807, 2.05) is 42.2 Å². The average molecular weight is 494 g/mol. The Morgan fingerprint density at radius 1 is 1.14 bits per heavy atom. The number of rotatable bonds is 5. The SMILES string of the molecule is CCC#Cc1cc2cnn(Cc3cccnc3)c2cc1COc1ncccc1I. The molecular formula is C23H19IN4O. The van der Waals surface area contributed by atoms with Crippen LogP contribution in [0.15, 0.2) is 61.2 Å². The first-order chi connectivity index (χ1) is 14.2. The normalized spacial score (nSPS) is 10.6. The third kappa shape index (κ3) is 4.57. The number of hydrogen-bond donors (Lipinski definition) is 0. The molecule has 0 fully saturated rings. The van der Waals surface area contributed by atoms with Gasteiger partial charge in [0.05, 0.1) is 21.8 Å². The molecule has 0 amide bonds. The van der Waals surface area contributed by atoms with Gasteiger partial charge in [-0.1, -0.05) is 24.8 Å². The van der Waals surface area contributed by atoms with Gasteiger partial charge in [-0.05, 0) is 58.5 Å². The maximum absolute atomic E-state index is 6.00. The van der Waals surface area contributed by atoms with Crippen molar-refractivity contribution in [3.8, 4) is 17.7 Å². The Labute approximate surface area is 183 Å². The number of hydrogen-bond acceptors (Lipinski definition) is 4. The Morgan fingerprint density at radius 3 is 2.83 bits per heavy atom. The van der Waals surface area contributed by atoms with Crippen LogP contribution in [0.3, 0.4) is 0 Å². The van der Waals surface area contributed by atoms with Crippen molar-refractivity contribution in [3.63, 3.8) is 0 Å². The van der Waals surface area contributed by atoms with E-state index < -0.39 is 0 Å². The van der Waals surface area contributed by atoms with E-state index in [2.05, 4.69) is 67.7 Å². The molecule has 144 valence electrons. The fraction of sp³-hybridized carbons (Fsp3) is 0.174. The highest BCUT2D eigenvalue weighted by atomic mass is 127. The Morgan fingerprint density at radius 2 is 2.03 bits per heavy atom. The molecule has 0 spiro atoms. The highest BCUT2D eigenvalue weighted by Gasteiger charge is 2.11. The zero-order valence-electron chi connectivity index (χ0n) is 16.0. The van der Waals surface area contributed by atoms with Crippen molar-refractivity contribution in [3.05, 3.63) is 81.4 Å². The summed E-state index contributed by atoms with van der Waals surface area (Å²) in [5, 5.41) is 5.63. The maximum Gasteiger partial charge on any atom is 0.227 e. The van der Waals surface area contributed by atoms with Crippen molar-refractivity contribution < 1.29 is 4.74 Å². The minimum Gasteiger partial charge on any atom is -0.472 e. The highest BCUT2D eigenvalue weighted by Crippen LogP contribution is 2.23. The zero-order chi connectivity index (χ0) is 20.1. The molecule has 0 N–H and O–H groups in total. The molecule has 3 aromatic heterocycles. The van der Waals surface area contributed by atoms with Gasteiger partial charge in [0, 0.05) is 41.5 Å². The lowest BCUT2D eigenvalue weighted by Crippen LogP contribution is -2.04. The summed E-state index contributed by atoms with van der Waals surface area (Å²) in [4.78, 5) is 8.52. The van der Waals surface area contributed by atoms with Crippen LogP contribution < -0.4 is 4.74 Å². The number of halogens is 1. The second-order valence-electron chi connectivity index (χ2n) is 6.47. The molecule has 0 radical (unpaired) electrons. The zero-order valence-corrected chi connectivity index (χ0v) is 18.1. The lowest BCUT2D eigenvalue weighted by molar-refractivity contribution is 0.291. The summed E-state index contributed by atoms with van der Waals surface area (Å²) in [5.74, 6) is 7.06. The Bertz CT molecular complexity index is 1190. The molecule has 5 nitrogen and oxygen atoms in total. The second kappa shape index (κ2) is 9.05. The number of ether oxygens (including phenoxy) is 1. The van der Waals surface area contributed by atoms with E-state index in [9.17, 15) is 0 Å². The molecule has 6 heteroatoms. The lowest BCUT2D eigenvalue weighted by atomic mass is 10.1. The topological polar surface area (TPSA) is 52.8 Å². The molecule has 0 aliphatic heterocycles. The summed E-state index contributed by atoms with van der Waals surface area (Å²) in [6.07, 6.45) is 8.06. The van der Waals surface area contributed by atoms with Crippen LogP contribution in [0, 0.1) is 15.4 Å². The quantitative estimate of drug-likeness (QED) is 0.295. The minimum absolute atomic E-state index is 0.398. The van der Waals surface area contributed by atoms with Crippen molar-refractivity contribution in [2.45, 2.75) is 26.5 Å². The van der Waals surface area contributed by atoms with Gasteiger partial charge in [-0.2, -0.15) is 5.10 Å². The molecule has 0 bridgehead atoms. The Balaban J connectivity index is 1.69. The smallest absolute Gasteiger partial charge is 0.227 e. The van der Waals surface area contributed by atoms with Crippen LogP contribution in [-0.2, 0) is 13.2 Å². The van der Waals surface area contributed by atoms with Crippen molar-refractivity contribution >= 4 is 33.5 Å². The Kier molecular flexibility index (Phi) is 6.06. The van der Waals surface area contributed by atoms with Gasteiger partial charge in [0.25, 0.3) is 0 Å². The first kappa shape index (κ1) is 19.4. The lowest BCUT2D eigenvalue weighted by Gasteiger charge is -2.10. The van der Waals surface area contributed by atoms with Gasteiger partial charge >= 0.3 is 0 Å². The second-order valence-corrected chi connectivity index (χ2v) is 7.63. The van der Waals surface area contributed by atoms with Crippen LogP contribution in [-0.4, -0.2) is 19.7 Å².